The lowest BCUT2D eigenvalue weighted by molar-refractivity contribution is -0.142. The number of carboxylic acid groups (broad SMARTS) is 3. The quantitative estimate of drug-likeness (QED) is 0.00848. The first kappa shape index (κ1) is 112. The second-order valence-electron chi connectivity index (χ2n) is 32.4. The number of guanidine groups is 1. The molecule has 0 saturated heterocycles. The minimum atomic E-state index is -2.08. The summed E-state index contributed by atoms with van der Waals surface area (Å²) in [5.74, 6) is -24.4. The Balaban J connectivity index is 1.61. The Hall–Kier alpha value is -13.8. The van der Waals surface area contributed by atoms with E-state index in [1.807, 2.05) is 0 Å². The number of hydrogen-bond donors (Lipinski definition) is 29. The fraction of sp³-hybridized carbons (Fsp3) is 0.500. The molecule has 46 nitrogen and oxygen atoms in total. The summed E-state index contributed by atoms with van der Waals surface area (Å²) in [5.41, 5.74) is 24.3. The minimum absolute atomic E-state index is 0.00216. The number of aromatic hydroxyl groups is 3. The van der Waals surface area contributed by atoms with Crippen molar-refractivity contribution in [3.63, 3.8) is 0 Å². The van der Waals surface area contributed by atoms with Crippen LogP contribution >= 0.6 is 12.6 Å². The van der Waals surface area contributed by atoms with Gasteiger partial charge in [0.25, 0.3) is 0 Å². The molecule has 32 N–H and O–H groups in total. The molecule has 0 aromatic heterocycles. The number of carbonyl (C=O) groups excluding carboxylic acids is 15. The van der Waals surface area contributed by atoms with Crippen LogP contribution in [0.25, 0.3) is 0 Å². The van der Waals surface area contributed by atoms with Gasteiger partial charge in [0.05, 0.1) is 25.2 Å². The first-order valence-corrected chi connectivity index (χ1v) is 43.4. The first-order chi connectivity index (χ1) is 62.7. The van der Waals surface area contributed by atoms with E-state index >= 15 is 0 Å². The maximum atomic E-state index is 14.9. The number of thiol groups is 1. The summed E-state index contributed by atoms with van der Waals surface area (Å²) in [5, 5.41) is 125. The van der Waals surface area contributed by atoms with Crippen LogP contribution in [0.2, 0.25) is 0 Å². The van der Waals surface area contributed by atoms with Gasteiger partial charge in [-0.15, -0.1) is 0 Å². The number of unbranched alkanes of at least 4 members (excludes halogenated alkanes) is 1. The Morgan fingerprint density at radius 2 is 0.737 bits per heavy atom. The summed E-state index contributed by atoms with van der Waals surface area (Å²) < 4.78 is 0. The highest BCUT2D eigenvalue weighted by atomic mass is 32.1. The van der Waals surface area contributed by atoms with Crippen LogP contribution in [0.5, 0.6) is 17.2 Å². The van der Waals surface area contributed by atoms with E-state index < -0.39 is 278 Å². The molecule has 0 heterocycles. The van der Waals surface area contributed by atoms with Crippen molar-refractivity contribution < 1.29 is 127 Å². The molecule has 4 aromatic rings. The number of nitrogens with one attached hydrogen (secondary N) is 16. The molecule has 47 heteroatoms. The number of aliphatic carboxylic acids is 3. The number of nitrogens with two attached hydrogens (primary N) is 4. The lowest BCUT2D eigenvalue weighted by Gasteiger charge is -2.29. The fourth-order valence-corrected chi connectivity index (χ4v) is 13.4. The van der Waals surface area contributed by atoms with Crippen molar-refractivity contribution in [3.05, 3.63) is 125 Å². The van der Waals surface area contributed by atoms with E-state index in [1.165, 1.54) is 79.7 Å². The van der Waals surface area contributed by atoms with Gasteiger partial charge in [-0.2, -0.15) is 12.6 Å². The van der Waals surface area contributed by atoms with Crippen molar-refractivity contribution in [1.29, 1.82) is 5.41 Å². The molecular formula is C86H124N20O26S. The Labute approximate surface area is 771 Å². The summed E-state index contributed by atoms with van der Waals surface area (Å²) in [6, 6.07) is -1.20. The monoisotopic (exact) mass is 1880 g/mol. The number of benzene rings is 4. The van der Waals surface area contributed by atoms with Crippen LogP contribution in [-0.2, 0) is 112 Å². The van der Waals surface area contributed by atoms with Crippen LogP contribution in [0.3, 0.4) is 0 Å². The van der Waals surface area contributed by atoms with Crippen LogP contribution < -0.4 is 103 Å². The third-order valence-electron chi connectivity index (χ3n) is 20.5. The van der Waals surface area contributed by atoms with E-state index in [-0.39, 0.29) is 67.9 Å². The van der Waals surface area contributed by atoms with Crippen molar-refractivity contribution in [3.8, 4) is 17.2 Å². The zero-order valence-corrected chi connectivity index (χ0v) is 75.2. The van der Waals surface area contributed by atoms with Crippen molar-refractivity contribution in [2.75, 3.05) is 25.4 Å². The Morgan fingerprint density at radius 1 is 0.383 bits per heavy atom. The van der Waals surface area contributed by atoms with Crippen LogP contribution in [0, 0.1) is 17.2 Å². The predicted molar refractivity (Wildman–Crippen MR) is 480 cm³/mol. The minimum Gasteiger partial charge on any atom is -0.508 e. The number of aliphatic hydroxyl groups is 2. The third kappa shape index (κ3) is 40.6. The van der Waals surface area contributed by atoms with Gasteiger partial charge in [0.15, 0.2) is 5.96 Å². The van der Waals surface area contributed by atoms with Crippen LogP contribution in [0.15, 0.2) is 103 Å². The molecule has 133 heavy (non-hydrogen) atoms. The second-order valence-corrected chi connectivity index (χ2v) is 32.8. The molecule has 730 valence electrons. The molecular weight excluding hydrogens is 1760 g/mol. The molecule has 0 unspecified atom stereocenters. The number of amides is 15. The smallest absolute Gasteiger partial charge is 0.326 e. The molecule has 16 atom stereocenters. The van der Waals surface area contributed by atoms with E-state index in [2.05, 4.69) is 92.4 Å². The highest BCUT2D eigenvalue weighted by Crippen LogP contribution is 2.19. The first-order valence-electron chi connectivity index (χ1n) is 42.7. The van der Waals surface area contributed by atoms with Crippen molar-refractivity contribution in [2.45, 2.75) is 235 Å². The molecule has 15 amide bonds. The number of carboxylic acids is 3. The van der Waals surface area contributed by atoms with Gasteiger partial charge >= 0.3 is 17.9 Å². The zero-order valence-electron chi connectivity index (χ0n) is 74.3. The topological polar surface area (TPSA) is 777 Å². The number of phenols is 3. The highest BCUT2D eigenvalue weighted by molar-refractivity contribution is 7.80. The summed E-state index contributed by atoms with van der Waals surface area (Å²) >= 11 is 4.12. The molecule has 0 aliphatic carbocycles. The fourth-order valence-electron chi connectivity index (χ4n) is 13.1. The van der Waals surface area contributed by atoms with Gasteiger partial charge in [0.1, 0.15) is 102 Å². The van der Waals surface area contributed by atoms with E-state index in [4.69, 9.17) is 28.3 Å². The second kappa shape index (κ2) is 56.7. The molecule has 0 fully saturated rings. The Bertz CT molecular complexity index is 4630. The van der Waals surface area contributed by atoms with E-state index in [1.54, 1.807) is 58.0 Å². The van der Waals surface area contributed by atoms with E-state index in [0.29, 0.717) is 36.1 Å². The van der Waals surface area contributed by atoms with Crippen molar-refractivity contribution in [1.82, 2.24) is 79.8 Å². The van der Waals surface area contributed by atoms with Gasteiger partial charge in [0.2, 0.25) is 88.6 Å². The summed E-state index contributed by atoms with van der Waals surface area (Å²) in [7, 11) is 0. The van der Waals surface area contributed by atoms with Crippen molar-refractivity contribution in [2.24, 2.45) is 34.8 Å². The number of carbonyl (C=O) groups is 18. The largest absolute Gasteiger partial charge is 0.508 e. The van der Waals surface area contributed by atoms with E-state index in [9.17, 15) is 127 Å². The van der Waals surface area contributed by atoms with E-state index in [0.717, 1.165) is 6.92 Å². The zero-order chi connectivity index (χ0) is 99.5. The SMILES string of the molecule is CC(C)C[C@H](NC(=O)[C@H](CC(N)=O)NC(=O)[C@H](Cc1ccc(O)cc1)NC(=O)[C@H](Cc1ccc(O)cc1)NC(=O)[C@H](C)NC(=O)[C@H](Cc1ccc(O)cc1)NC(=O)[C@@H](NC(=O)[C@@H](N)CCCCN)C(C)C)C(=O)N[C@@H](CCC(=O)O)C(=O)N[C@@H](CCC(=O)O)C(=O)N[C@@H](CO)C(=O)N[C@@H](CS)C(=O)N[C@H](C(=O)N[C@@H](CCCNC(=N)N)C(=O)N[C@@H](Cc1ccccc1)C(=O)O)[C@@H](C)O. The number of hydrogen-bond acceptors (Lipinski definition) is 27. The van der Waals surface area contributed by atoms with Crippen LogP contribution in [0.1, 0.15) is 134 Å². The van der Waals surface area contributed by atoms with Gasteiger partial charge in [-0.3, -0.25) is 86.9 Å². The standard InChI is InChI=1S/C86H124N20O26S/c1-43(2)35-58(77(123)95-56(29-31-67(113)114)74(120)94-57(30-32-68(115)116)75(121)103-64(41-107)81(127)104-65(42-133)82(128)106-70(46(6)108)84(130)96-55(16-12-34-92-86(90)91)73(119)102-63(85(131)132)39-47-13-8-7-9-14-47)98-80(126)62(40-66(89)112)100-79(125)61(38-50-21-27-53(111)28-22-50)99-78(124)60(37-49-19-25-52(110)26-20-49)97-71(117)45(5)93-76(122)59(36-48-17-23-51(109)24-18-48)101-83(129)69(44(3)4)105-72(118)54(88)15-10-11-33-87/h7-9,13-14,17-28,43-46,54-65,69-70,107-111,133H,10-12,15-16,29-42,87-88H2,1-6H3,(H2,89,112)(H,93,122)(H,94,120)(H,95,123)(H,96,130)(H,97,117)(H,98,126)(H,99,124)(H,100,125)(H,101,129)(H,102,119)(H,103,121)(H,104,127)(H,105,118)(H,106,128)(H,113,114)(H,115,116)(H,131,132)(H4,90,91,92)/t45-,46+,54-,55-,56-,57-,58-,59-,60-,61-,62-,63-,64-,65-,69-,70-/m0/s1. The molecule has 4 rings (SSSR count). The summed E-state index contributed by atoms with van der Waals surface area (Å²) in [4.78, 5) is 249. The maximum absolute atomic E-state index is 14.9. The van der Waals surface area contributed by atoms with Gasteiger partial charge in [-0.05, 0) is 136 Å². The normalized spacial score (nSPS) is 14.7. The molecule has 0 saturated carbocycles. The number of primary amides is 1. The maximum Gasteiger partial charge on any atom is 0.326 e. The highest BCUT2D eigenvalue weighted by Gasteiger charge is 2.40. The molecule has 0 aliphatic heterocycles. The number of aliphatic hydroxyl groups excluding tert-OH is 2. The summed E-state index contributed by atoms with van der Waals surface area (Å²) in [6.07, 6.45) is -6.64. The Morgan fingerprint density at radius 3 is 1.17 bits per heavy atom. The average Bonchev–Trinajstić information content (AvgIpc) is 0.854. The molecule has 4 aromatic carbocycles. The van der Waals surface area contributed by atoms with Crippen LogP contribution in [0.4, 0.5) is 0 Å². The van der Waals surface area contributed by atoms with Gasteiger partial charge in [-0.1, -0.05) is 101 Å². The number of rotatable bonds is 59. The van der Waals surface area contributed by atoms with Crippen molar-refractivity contribution >= 4 is 125 Å². The lowest BCUT2D eigenvalue weighted by atomic mass is 9.99. The van der Waals surface area contributed by atoms with Gasteiger partial charge < -0.3 is 144 Å². The molecule has 0 radical (unpaired) electrons. The van der Waals surface area contributed by atoms with Gasteiger partial charge in [0, 0.05) is 50.8 Å². The Kier molecular flexibility index (Phi) is 47.6. The number of phenolic OH excluding ortho intramolecular Hbond substituents is 3. The summed E-state index contributed by atoms with van der Waals surface area (Å²) in [6.45, 7) is 7.79. The molecule has 0 aliphatic rings. The molecule has 0 bridgehead atoms. The average molecular weight is 1890 g/mol. The van der Waals surface area contributed by atoms with Gasteiger partial charge in [-0.25, -0.2) is 4.79 Å². The molecule has 0 spiro atoms. The van der Waals surface area contributed by atoms with Crippen LogP contribution in [-0.4, -0.2) is 276 Å². The predicted octanol–water partition coefficient (Wildman–Crippen LogP) is -5.70. The lowest BCUT2D eigenvalue weighted by Crippen LogP contribution is -2.62. The third-order valence-corrected chi connectivity index (χ3v) is 20.8.